The molecule has 3 heterocycles. The molecule has 1 aliphatic rings. The maximum Gasteiger partial charge on any atom is 0.282 e. The van der Waals surface area contributed by atoms with Crippen LogP contribution in [-0.4, -0.2) is 71.7 Å². The minimum absolute atomic E-state index is 0.01000. The lowest BCUT2D eigenvalue weighted by molar-refractivity contribution is -0.00588. The van der Waals surface area contributed by atoms with E-state index < -0.39 is 23.9 Å². The highest BCUT2D eigenvalue weighted by Gasteiger charge is 2.33. The quantitative estimate of drug-likeness (QED) is 0.300. The molecule has 0 aromatic carbocycles. The Balaban J connectivity index is 0.000000161. The van der Waals surface area contributed by atoms with Gasteiger partial charge in [0, 0.05) is 0 Å². The van der Waals surface area contributed by atoms with Crippen molar-refractivity contribution in [1.29, 1.82) is 0 Å². The SMILES string of the molecule is Nc1nc2ncn(O)c2c(=O)[nH]1.OC[C@H]1OC[C@H](O)[C@@H]1O. The molecule has 3 atom stereocenters. The number of imidazole rings is 1. The van der Waals surface area contributed by atoms with E-state index in [4.69, 9.17) is 31.0 Å². The van der Waals surface area contributed by atoms with Gasteiger partial charge in [0.2, 0.25) is 5.95 Å². The number of nitrogens with zero attached hydrogens (tertiary/aromatic N) is 3. The van der Waals surface area contributed by atoms with E-state index in [0.29, 0.717) is 4.73 Å². The third kappa shape index (κ3) is 3.11. The van der Waals surface area contributed by atoms with Gasteiger partial charge < -0.3 is 31.0 Å². The highest BCUT2D eigenvalue weighted by atomic mass is 16.5. The number of hydrogen-bond donors (Lipinski definition) is 6. The normalized spacial score (nSPS) is 24.8. The van der Waals surface area contributed by atoms with Crippen molar-refractivity contribution in [3.63, 3.8) is 0 Å². The number of fused-ring (bicyclic) bond motifs is 1. The van der Waals surface area contributed by atoms with Gasteiger partial charge in [-0.25, -0.2) is 4.98 Å². The van der Waals surface area contributed by atoms with E-state index in [1.165, 1.54) is 0 Å². The molecule has 0 saturated carbocycles. The summed E-state index contributed by atoms with van der Waals surface area (Å²) >= 11 is 0. The molecule has 0 spiro atoms. The van der Waals surface area contributed by atoms with Gasteiger partial charge in [0.05, 0.1) is 13.2 Å². The Bertz CT molecular complexity index is 669. The predicted octanol–water partition coefficient (Wildman–Crippen LogP) is -2.96. The molecule has 1 fully saturated rings. The topological polar surface area (TPSA) is 180 Å². The van der Waals surface area contributed by atoms with E-state index in [2.05, 4.69) is 15.0 Å². The van der Waals surface area contributed by atoms with Crippen LogP contribution in [0.2, 0.25) is 0 Å². The van der Waals surface area contributed by atoms with Crippen molar-refractivity contribution in [2.75, 3.05) is 18.9 Å². The number of aliphatic hydroxyl groups excluding tert-OH is 3. The minimum atomic E-state index is -0.921. The van der Waals surface area contributed by atoms with E-state index in [1.54, 1.807) is 0 Å². The number of aromatic nitrogens is 4. The molecule has 116 valence electrons. The lowest BCUT2D eigenvalue weighted by atomic mass is 10.2. The number of nitrogens with one attached hydrogen (secondary N) is 1. The molecule has 21 heavy (non-hydrogen) atoms. The molecule has 2 aromatic heterocycles. The van der Waals surface area contributed by atoms with Crippen molar-refractivity contribution < 1.29 is 25.3 Å². The molecule has 0 amide bonds. The first kappa shape index (κ1) is 15.2. The Morgan fingerprint density at radius 1 is 1.52 bits per heavy atom. The zero-order chi connectivity index (χ0) is 15.6. The van der Waals surface area contributed by atoms with Crippen LogP contribution in [0.25, 0.3) is 11.2 Å². The number of aromatic amines is 1. The number of anilines is 1. The number of ether oxygens (including phenoxy) is 1. The lowest BCUT2D eigenvalue weighted by Gasteiger charge is -2.10. The van der Waals surface area contributed by atoms with Crippen LogP contribution in [0.15, 0.2) is 11.1 Å². The van der Waals surface area contributed by atoms with Gasteiger partial charge in [-0.3, -0.25) is 9.78 Å². The van der Waals surface area contributed by atoms with Gasteiger partial charge in [0.1, 0.15) is 24.6 Å². The van der Waals surface area contributed by atoms with Crippen molar-refractivity contribution in [1.82, 2.24) is 19.7 Å². The summed E-state index contributed by atoms with van der Waals surface area (Å²) in [5.74, 6) is -0.0220. The molecule has 0 unspecified atom stereocenters. The largest absolute Gasteiger partial charge is 0.427 e. The molecule has 7 N–H and O–H groups in total. The Kier molecular flexibility index (Phi) is 4.37. The van der Waals surface area contributed by atoms with Crippen LogP contribution in [0.5, 0.6) is 0 Å². The van der Waals surface area contributed by atoms with Crippen LogP contribution in [0, 0.1) is 0 Å². The summed E-state index contributed by atoms with van der Waals surface area (Å²) < 4.78 is 5.37. The molecule has 2 aromatic rings. The minimum Gasteiger partial charge on any atom is -0.427 e. The zero-order valence-electron chi connectivity index (χ0n) is 10.7. The van der Waals surface area contributed by atoms with Crippen LogP contribution < -0.4 is 11.3 Å². The van der Waals surface area contributed by atoms with E-state index in [-0.39, 0.29) is 30.3 Å². The second kappa shape index (κ2) is 6.05. The molecule has 11 nitrogen and oxygen atoms in total. The summed E-state index contributed by atoms with van der Waals surface area (Å²) in [4.78, 5) is 20.6. The lowest BCUT2D eigenvalue weighted by Crippen LogP contribution is -2.31. The van der Waals surface area contributed by atoms with E-state index in [1.807, 2.05) is 0 Å². The first-order valence-corrected chi connectivity index (χ1v) is 5.94. The molecule has 0 aliphatic carbocycles. The Hall–Kier alpha value is -2.21. The summed E-state index contributed by atoms with van der Waals surface area (Å²) in [6.07, 6.45) is -1.27. The van der Waals surface area contributed by atoms with Crippen molar-refractivity contribution in [2.24, 2.45) is 0 Å². The van der Waals surface area contributed by atoms with Gasteiger partial charge in [-0.15, -0.1) is 0 Å². The van der Waals surface area contributed by atoms with Gasteiger partial charge in [0.15, 0.2) is 11.2 Å². The van der Waals surface area contributed by atoms with Crippen molar-refractivity contribution in [2.45, 2.75) is 18.3 Å². The average molecular weight is 301 g/mol. The second-order valence-corrected chi connectivity index (χ2v) is 4.32. The molecular formula is C10H15N5O6. The Morgan fingerprint density at radius 2 is 2.24 bits per heavy atom. The monoisotopic (exact) mass is 301 g/mol. The van der Waals surface area contributed by atoms with Crippen LogP contribution in [0.4, 0.5) is 5.95 Å². The van der Waals surface area contributed by atoms with Gasteiger partial charge in [-0.05, 0) is 0 Å². The van der Waals surface area contributed by atoms with Gasteiger partial charge in [-0.1, -0.05) is 0 Å². The first-order chi connectivity index (χ1) is 9.93. The van der Waals surface area contributed by atoms with Gasteiger partial charge >= 0.3 is 0 Å². The third-order valence-electron chi connectivity index (χ3n) is 2.85. The maximum absolute atomic E-state index is 11.1. The van der Waals surface area contributed by atoms with Crippen LogP contribution >= 0.6 is 0 Å². The number of nitrogen functional groups attached to an aromatic ring is 1. The van der Waals surface area contributed by atoms with Crippen LogP contribution in [0.1, 0.15) is 0 Å². The summed E-state index contributed by atoms with van der Waals surface area (Å²) in [6, 6.07) is 0. The van der Waals surface area contributed by atoms with Crippen molar-refractivity contribution in [3.05, 3.63) is 16.7 Å². The summed E-state index contributed by atoms with van der Waals surface area (Å²) in [6.45, 7) is -0.120. The van der Waals surface area contributed by atoms with Crippen LogP contribution in [-0.2, 0) is 4.74 Å². The molecule has 0 radical (unpaired) electrons. The summed E-state index contributed by atoms with van der Waals surface area (Å²) in [5.41, 5.74) is 4.83. The molecule has 11 heteroatoms. The standard InChI is InChI=1S/C5H5N5O2.C5H10O4/c6-5-8-3-2(4(11)9-5)10(12)1-7-3;6-1-4-5(8)3(7)2-9-4/h1,12H,(H3,6,8,9,11);3-8H,1-2H2/t;3-,4+,5-/m.0/s1. The number of rotatable bonds is 1. The maximum atomic E-state index is 11.1. The molecule has 1 aliphatic heterocycles. The van der Waals surface area contributed by atoms with E-state index in [0.717, 1.165) is 6.33 Å². The molecule has 3 rings (SSSR count). The number of hydrogen-bond acceptors (Lipinski definition) is 9. The van der Waals surface area contributed by atoms with Crippen LogP contribution in [0.3, 0.4) is 0 Å². The van der Waals surface area contributed by atoms with Gasteiger partial charge in [-0.2, -0.15) is 9.71 Å². The fourth-order valence-corrected chi connectivity index (χ4v) is 1.76. The Labute approximate surface area is 117 Å². The van der Waals surface area contributed by atoms with Crippen molar-refractivity contribution in [3.8, 4) is 0 Å². The van der Waals surface area contributed by atoms with E-state index in [9.17, 15) is 4.79 Å². The zero-order valence-corrected chi connectivity index (χ0v) is 10.7. The fraction of sp³-hybridized carbons (Fsp3) is 0.500. The Morgan fingerprint density at radius 3 is 2.76 bits per heavy atom. The van der Waals surface area contributed by atoms with Gasteiger partial charge in [0.25, 0.3) is 5.56 Å². The molecular weight excluding hydrogens is 286 g/mol. The van der Waals surface area contributed by atoms with Crippen molar-refractivity contribution >= 4 is 17.1 Å². The number of H-pyrrole nitrogens is 1. The molecule has 0 bridgehead atoms. The fourth-order valence-electron chi connectivity index (χ4n) is 1.76. The summed E-state index contributed by atoms with van der Waals surface area (Å²) in [7, 11) is 0. The van der Waals surface area contributed by atoms with E-state index >= 15 is 0 Å². The molecule has 1 saturated heterocycles. The summed E-state index contributed by atoms with van der Waals surface area (Å²) in [5, 5.41) is 35.2. The highest BCUT2D eigenvalue weighted by molar-refractivity contribution is 5.69. The predicted molar refractivity (Wildman–Crippen MR) is 68.6 cm³/mol. The smallest absolute Gasteiger partial charge is 0.282 e. The average Bonchev–Trinajstić information content (AvgIpc) is 2.95. The second-order valence-electron chi connectivity index (χ2n) is 4.32. The third-order valence-corrected chi connectivity index (χ3v) is 2.85. The highest BCUT2D eigenvalue weighted by Crippen LogP contribution is 2.12. The number of aliphatic hydroxyl groups is 3. The first-order valence-electron chi connectivity index (χ1n) is 5.94. The number of nitrogens with two attached hydrogens (primary N) is 1.